The molecule has 0 amide bonds. The zero-order valence-electron chi connectivity index (χ0n) is 19.3. The zero-order valence-corrected chi connectivity index (χ0v) is 19.3. The van der Waals surface area contributed by atoms with Gasteiger partial charge < -0.3 is 5.21 Å². The lowest BCUT2D eigenvalue weighted by atomic mass is 9.50. The van der Waals surface area contributed by atoms with E-state index >= 15 is 0 Å². The van der Waals surface area contributed by atoms with Gasteiger partial charge in [-0.1, -0.05) is 29.8 Å². The van der Waals surface area contributed by atoms with Crippen LogP contribution in [-0.4, -0.2) is 33.4 Å². The Morgan fingerprint density at radius 1 is 1.16 bits per heavy atom. The van der Waals surface area contributed by atoms with Gasteiger partial charge in [0.05, 0.1) is 5.71 Å². The fourth-order valence-electron chi connectivity index (χ4n) is 9.46. The number of hydrogen-bond acceptors (Lipinski definition) is 4. The van der Waals surface area contributed by atoms with Crippen LogP contribution in [0, 0.1) is 22.2 Å². The van der Waals surface area contributed by atoms with E-state index < -0.39 is 0 Å². The van der Waals surface area contributed by atoms with Crippen LogP contribution >= 0.6 is 0 Å². The third-order valence-electron chi connectivity index (χ3n) is 10.9. The van der Waals surface area contributed by atoms with Gasteiger partial charge >= 0.3 is 0 Å². The summed E-state index contributed by atoms with van der Waals surface area (Å²) in [6, 6.07) is 2.90. The highest BCUT2D eigenvalue weighted by Gasteiger charge is 2.65. The minimum atomic E-state index is 0.281. The molecule has 1 aliphatic heterocycles. The summed E-state index contributed by atoms with van der Waals surface area (Å²) in [6.45, 7) is 4.89. The average molecular weight is 430 g/mol. The third kappa shape index (κ3) is 2.42. The van der Waals surface area contributed by atoms with E-state index in [0.29, 0.717) is 16.9 Å². The zero-order chi connectivity index (χ0) is 21.6. The van der Waals surface area contributed by atoms with Crippen LogP contribution in [0.4, 0.5) is 0 Å². The monoisotopic (exact) mass is 429 g/mol. The summed E-state index contributed by atoms with van der Waals surface area (Å²) in [4.78, 5) is 7.23. The molecule has 3 saturated carbocycles. The molecule has 4 nitrogen and oxygen atoms in total. The highest BCUT2D eigenvalue weighted by atomic mass is 16.4. The Labute approximate surface area is 191 Å². The highest BCUT2D eigenvalue weighted by molar-refractivity contribution is 5.87. The highest BCUT2D eigenvalue weighted by Crippen LogP contribution is 2.73. The molecular weight excluding hydrogens is 394 g/mol. The molecule has 1 N–H and O–H groups in total. The Morgan fingerprint density at radius 2 is 2.09 bits per heavy atom. The van der Waals surface area contributed by atoms with Gasteiger partial charge in [-0.25, -0.2) is 0 Å². The molecule has 4 heteroatoms. The predicted octanol–water partition coefficient (Wildman–Crippen LogP) is 5.67. The quantitative estimate of drug-likeness (QED) is 0.462. The van der Waals surface area contributed by atoms with Gasteiger partial charge in [-0.2, -0.15) is 0 Å². The molecule has 168 valence electrons. The normalized spacial score (nSPS) is 43.7. The summed E-state index contributed by atoms with van der Waals surface area (Å²) in [5.41, 5.74) is 8.34. The lowest BCUT2D eigenvalue weighted by molar-refractivity contribution is 0.00690. The topological polar surface area (TPSA) is 48.7 Å². The van der Waals surface area contributed by atoms with Crippen molar-refractivity contribution in [3.8, 4) is 0 Å². The van der Waals surface area contributed by atoms with Gasteiger partial charge in [-0.05, 0) is 109 Å². The number of aromatic nitrogens is 1. The van der Waals surface area contributed by atoms with Crippen molar-refractivity contribution < 1.29 is 5.21 Å². The molecular formula is C28H35N3O. The number of nitrogens with zero attached hydrogens (tertiary/aromatic N) is 3. The van der Waals surface area contributed by atoms with Gasteiger partial charge in [0.25, 0.3) is 0 Å². The number of oxime groups is 1. The third-order valence-corrected chi connectivity index (χ3v) is 10.9. The Kier molecular flexibility index (Phi) is 4.00. The molecule has 0 saturated heterocycles. The first-order valence-corrected chi connectivity index (χ1v) is 12.8. The van der Waals surface area contributed by atoms with E-state index in [9.17, 15) is 5.21 Å². The van der Waals surface area contributed by atoms with Crippen molar-refractivity contribution in [2.45, 2.75) is 83.7 Å². The first kappa shape index (κ1) is 19.5. The van der Waals surface area contributed by atoms with Crippen molar-refractivity contribution in [1.29, 1.82) is 0 Å². The van der Waals surface area contributed by atoms with E-state index in [1.807, 2.05) is 6.20 Å². The Hall–Kier alpha value is -1.94. The summed E-state index contributed by atoms with van der Waals surface area (Å²) in [7, 11) is 0. The molecule has 2 bridgehead atoms. The van der Waals surface area contributed by atoms with Crippen LogP contribution in [0.1, 0.15) is 75.8 Å². The maximum atomic E-state index is 9.52. The molecule has 7 rings (SSSR count). The smallest absolute Gasteiger partial charge is 0.0582 e. The van der Waals surface area contributed by atoms with Crippen LogP contribution in [0.25, 0.3) is 0 Å². The van der Waals surface area contributed by atoms with E-state index in [1.54, 1.807) is 11.1 Å². The molecule has 3 fully saturated rings. The first-order valence-electron chi connectivity index (χ1n) is 12.8. The van der Waals surface area contributed by atoms with Crippen LogP contribution in [0.5, 0.6) is 0 Å². The summed E-state index contributed by atoms with van der Waals surface area (Å²) < 4.78 is 0. The van der Waals surface area contributed by atoms with Crippen LogP contribution < -0.4 is 0 Å². The summed E-state index contributed by atoms with van der Waals surface area (Å²) in [5, 5.41) is 13.2. The van der Waals surface area contributed by atoms with E-state index in [2.05, 4.69) is 46.4 Å². The molecule has 32 heavy (non-hydrogen) atoms. The minimum absolute atomic E-state index is 0.281. The molecule has 6 aliphatic rings. The van der Waals surface area contributed by atoms with Gasteiger partial charge in [-0.3, -0.25) is 9.88 Å². The molecule has 5 atom stereocenters. The molecule has 1 aromatic heterocycles. The number of pyridine rings is 1. The molecule has 0 radical (unpaired) electrons. The molecule has 5 aliphatic carbocycles. The lowest BCUT2D eigenvalue weighted by Gasteiger charge is -2.55. The van der Waals surface area contributed by atoms with Crippen LogP contribution in [0.15, 0.2) is 46.9 Å². The second kappa shape index (κ2) is 6.56. The second-order valence-electron chi connectivity index (χ2n) is 12.0. The Bertz CT molecular complexity index is 1070. The molecule has 0 unspecified atom stereocenters. The summed E-state index contributed by atoms with van der Waals surface area (Å²) in [5.74, 6) is 0.781. The number of allylic oxidation sites excluding steroid dienone is 4. The molecule has 2 heterocycles. The van der Waals surface area contributed by atoms with Gasteiger partial charge in [0.15, 0.2) is 0 Å². The van der Waals surface area contributed by atoms with Crippen LogP contribution in [0.2, 0.25) is 0 Å². The largest absolute Gasteiger partial charge is 0.411 e. The Balaban J connectivity index is 1.23. The van der Waals surface area contributed by atoms with Gasteiger partial charge in [0.1, 0.15) is 0 Å². The first-order chi connectivity index (χ1) is 15.6. The van der Waals surface area contributed by atoms with Crippen molar-refractivity contribution in [2.75, 3.05) is 6.54 Å². The van der Waals surface area contributed by atoms with E-state index in [1.165, 1.54) is 62.6 Å². The molecule has 0 aromatic carbocycles. The second-order valence-corrected chi connectivity index (χ2v) is 12.0. The van der Waals surface area contributed by atoms with Crippen LogP contribution in [0.3, 0.4) is 0 Å². The summed E-state index contributed by atoms with van der Waals surface area (Å²) in [6.07, 6.45) is 21.4. The molecule has 2 spiro atoms. The Morgan fingerprint density at radius 3 is 3.00 bits per heavy atom. The maximum absolute atomic E-state index is 9.52. The van der Waals surface area contributed by atoms with Gasteiger partial charge in [0.2, 0.25) is 0 Å². The minimum Gasteiger partial charge on any atom is -0.411 e. The van der Waals surface area contributed by atoms with Crippen molar-refractivity contribution in [3.63, 3.8) is 0 Å². The SMILES string of the molecule is C[C@]12CC=C3C=C4CC/C(=N\O)C[C@]45CC[C@]3(C5)[C@@H]1CC[C@@H]2N1CCc2ccncc2C1. The summed E-state index contributed by atoms with van der Waals surface area (Å²) >= 11 is 0. The van der Waals surface area contributed by atoms with Gasteiger partial charge in [0, 0.05) is 31.5 Å². The van der Waals surface area contributed by atoms with Crippen molar-refractivity contribution in [3.05, 3.63) is 52.9 Å². The number of fused-ring (bicyclic) bond motifs is 2. The van der Waals surface area contributed by atoms with E-state index in [4.69, 9.17) is 0 Å². The standard InChI is InChI=1S/C28H35N3O/c1-26-9-6-22-14-21-2-3-23(30-32)15-27(21)10-11-28(22,18-27)24(26)4-5-25(26)31-13-8-19-7-12-29-16-20(19)17-31/h6-7,12,14,16,24-25,32H,2-5,8-11,13,15,17-18H2,1H3/b30-23+/t24-,25+,26+,27+,28-/m1/s1. The van der Waals surface area contributed by atoms with Gasteiger partial charge in [-0.15, -0.1) is 0 Å². The van der Waals surface area contributed by atoms with Crippen LogP contribution in [-0.2, 0) is 13.0 Å². The fourth-order valence-corrected chi connectivity index (χ4v) is 9.46. The van der Waals surface area contributed by atoms with Crippen molar-refractivity contribution in [1.82, 2.24) is 9.88 Å². The number of rotatable bonds is 1. The van der Waals surface area contributed by atoms with E-state index in [0.717, 1.165) is 37.4 Å². The average Bonchev–Trinajstić information content (AvgIpc) is 3.33. The fraction of sp³-hybridized carbons (Fsp3) is 0.643. The lowest BCUT2D eigenvalue weighted by Crippen LogP contribution is -2.52. The van der Waals surface area contributed by atoms with Crippen molar-refractivity contribution in [2.24, 2.45) is 27.3 Å². The maximum Gasteiger partial charge on any atom is 0.0582 e. The van der Waals surface area contributed by atoms with E-state index in [-0.39, 0.29) is 5.41 Å². The predicted molar refractivity (Wildman–Crippen MR) is 126 cm³/mol. The molecule has 1 aromatic rings. The van der Waals surface area contributed by atoms with Crippen molar-refractivity contribution >= 4 is 5.71 Å². The number of hydrogen-bond donors (Lipinski definition) is 1.